The van der Waals surface area contributed by atoms with Gasteiger partial charge in [0, 0.05) is 18.8 Å². The Morgan fingerprint density at radius 1 is 1.04 bits per heavy atom. The van der Waals surface area contributed by atoms with E-state index in [0.29, 0.717) is 4.52 Å². The minimum absolute atomic E-state index is 0.0334. The summed E-state index contributed by atoms with van der Waals surface area (Å²) in [6.07, 6.45) is -2.27. The van der Waals surface area contributed by atoms with Crippen LogP contribution in [0.5, 0.6) is 0 Å². The fraction of sp³-hybridized carbons (Fsp3) is 0.294. The molecule has 0 atom stereocenters. The maximum atomic E-state index is 13.0. The number of benzene rings is 1. The quantitative estimate of drug-likeness (QED) is 0.553. The average molecular weight is 405 g/mol. The predicted molar refractivity (Wildman–Crippen MR) is 100 cm³/mol. The van der Waals surface area contributed by atoms with Crippen LogP contribution in [0, 0.1) is 0 Å². The van der Waals surface area contributed by atoms with E-state index in [4.69, 9.17) is 0 Å². The molecule has 0 aliphatic carbocycles. The molecule has 5 rings (SSSR count). The zero-order valence-electron chi connectivity index (χ0n) is 14.4. The van der Waals surface area contributed by atoms with E-state index >= 15 is 0 Å². The lowest BCUT2D eigenvalue weighted by Crippen LogP contribution is -2.16. The average Bonchev–Trinajstić information content (AvgIpc) is 3.38. The molecule has 4 heterocycles. The van der Waals surface area contributed by atoms with Crippen LogP contribution < -0.4 is 10.2 Å². The SMILES string of the molecule is FC(F)(F)c1nnc2ccc(Nc3ccc4nc(N5CCCC5)sc4c3)nn12. The number of rotatable bonds is 3. The molecule has 11 heteroatoms. The second kappa shape index (κ2) is 6.30. The number of hydrogen-bond donors (Lipinski definition) is 1. The Labute approximate surface area is 160 Å². The van der Waals surface area contributed by atoms with Crippen molar-refractivity contribution in [2.45, 2.75) is 19.0 Å². The second-order valence-corrected chi connectivity index (χ2v) is 7.52. The van der Waals surface area contributed by atoms with Crippen LogP contribution in [0.15, 0.2) is 30.3 Å². The fourth-order valence-electron chi connectivity index (χ4n) is 3.21. The lowest BCUT2D eigenvalue weighted by atomic mass is 10.3. The maximum Gasteiger partial charge on any atom is 0.453 e. The zero-order chi connectivity index (χ0) is 19.3. The van der Waals surface area contributed by atoms with Crippen molar-refractivity contribution in [3.8, 4) is 0 Å². The minimum atomic E-state index is -4.63. The van der Waals surface area contributed by atoms with Crippen molar-refractivity contribution in [1.29, 1.82) is 0 Å². The van der Waals surface area contributed by atoms with E-state index in [1.54, 1.807) is 17.4 Å². The molecule has 1 fully saturated rings. The maximum absolute atomic E-state index is 13.0. The van der Waals surface area contributed by atoms with Crippen molar-refractivity contribution in [1.82, 2.24) is 24.8 Å². The van der Waals surface area contributed by atoms with Crippen LogP contribution in [0.2, 0.25) is 0 Å². The molecule has 0 unspecified atom stereocenters. The molecule has 28 heavy (non-hydrogen) atoms. The monoisotopic (exact) mass is 405 g/mol. The first-order valence-electron chi connectivity index (χ1n) is 8.70. The number of nitrogens with one attached hydrogen (secondary N) is 1. The van der Waals surface area contributed by atoms with Crippen molar-refractivity contribution in [2.24, 2.45) is 0 Å². The number of aromatic nitrogens is 5. The summed E-state index contributed by atoms with van der Waals surface area (Å²) in [6, 6.07) is 8.66. The van der Waals surface area contributed by atoms with Crippen LogP contribution in [0.4, 0.5) is 29.8 Å². The highest BCUT2D eigenvalue weighted by atomic mass is 32.1. The van der Waals surface area contributed by atoms with Gasteiger partial charge in [-0.05, 0) is 43.2 Å². The topological polar surface area (TPSA) is 71.2 Å². The molecular formula is C17H14F3N7S. The van der Waals surface area contributed by atoms with Crippen LogP contribution >= 0.6 is 11.3 Å². The van der Waals surface area contributed by atoms with Crippen molar-refractivity contribution in [3.05, 3.63) is 36.2 Å². The Bertz CT molecular complexity index is 1160. The molecule has 1 aliphatic rings. The first kappa shape index (κ1) is 17.2. The molecule has 0 spiro atoms. The second-order valence-electron chi connectivity index (χ2n) is 6.51. The van der Waals surface area contributed by atoms with E-state index in [2.05, 4.69) is 30.5 Å². The summed E-state index contributed by atoms with van der Waals surface area (Å²) in [6.45, 7) is 2.05. The van der Waals surface area contributed by atoms with Gasteiger partial charge in [0.1, 0.15) is 0 Å². The normalized spacial score (nSPS) is 15.0. The Morgan fingerprint density at radius 3 is 2.64 bits per heavy atom. The van der Waals surface area contributed by atoms with Gasteiger partial charge < -0.3 is 10.2 Å². The molecule has 0 amide bonds. The van der Waals surface area contributed by atoms with E-state index in [0.717, 1.165) is 34.1 Å². The number of anilines is 3. The van der Waals surface area contributed by atoms with Gasteiger partial charge in [0.25, 0.3) is 5.82 Å². The van der Waals surface area contributed by atoms with Gasteiger partial charge in [-0.1, -0.05) is 11.3 Å². The molecule has 0 radical (unpaired) electrons. The highest BCUT2D eigenvalue weighted by molar-refractivity contribution is 7.22. The number of hydrogen-bond acceptors (Lipinski definition) is 7. The van der Waals surface area contributed by atoms with E-state index in [-0.39, 0.29) is 11.5 Å². The predicted octanol–water partition coefficient (Wildman–Crippen LogP) is 4.10. The first-order chi connectivity index (χ1) is 13.5. The smallest absolute Gasteiger partial charge is 0.348 e. The number of fused-ring (bicyclic) bond motifs is 2. The Kier molecular flexibility index (Phi) is 3.86. The summed E-state index contributed by atoms with van der Waals surface area (Å²) >= 11 is 1.61. The molecule has 1 N–H and O–H groups in total. The molecule has 0 saturated carbocycles. The fourth-order valence-corrected chi connectivity index (χ4v) is 4.27. The lowest BCUT2D eigenvalue weighted by molar-refractivity contribution is -0.146. The third-order valence-electron chi connectivity index (χ3n) is 4.54. The zero-order valence-corrected chi connectivity index (χ0v) is 15.3. The van der Waals surface area contributed by atoms with Crippen LogP contribution in [0.25, 0.3) is 15.9 Å². The molecular weight excluding hydrogens is 391 g/mol. The van der Waals surface area contributed by atoms with Crippen LogP contribution in [0.3, 0.4) is 0 Å². The molecule has 1 aromatic carbocycles. The van der Waals surface area contributed by atoms with Crippen LogP contribution in [-0.4, -0.2) is 37.9 Å². The number of nitrogens with zero attached hydrogens (tertiary/aromatic N) is 6. The van der Waals surface area contributed by atoms with Crippen molar-refractivity contribution in [2.75, 3.05) is 23.3 Å². The summed E-state index contributed by atoms with van der Waals surface area (Å²) in [5.74, 6) is -0.888. The van der Waals surface area contributed by atoms with Crippen molar-refractivity contribution in [3.63, 3.8) is 0 Å². The largest absolute Gasteiger partial charge is 0.453 e. The number of alkyl halides is 3. The van der Waals surface area contributed by atoms with Gasteiger partial charge in [-0.2, -0.15) is 17.7 Å². The molecule has 144 valence electrons. The summed E-state index contributed by atoms with van der Waals surface area (Å²) < 4.78 is 40.8. The standard InChI is InChI=1S/C17H14F3N7S/c18-17(19,20)15-24-23-14-6-5-13(25-27(14)15)21-10-3-4-11-12(9-10)28-16(22-11)26-7-1-2-8-26/h3-6,9H,1-2,7-8H2,(H,21,25). The first-order valence-corrected chi connectivity index (χ1v) is 9.51. The van der Waals surface area contributed by atoms with Crippen LogP contribution in [-0.2, 0) is 6.18 Å². The lowest BCUT2D eigenvalue weighted by Gasteiger charge is -2.11. The molecule has 4 aromatic rings. The van der Waals surface area contributed by atoms with E-state index in [1.807, 2.05) is 18.2 Å². The third kappa shape index (κ3) is 3.01. The minimum Gasteiger partial charge on any atom is -0.348 e. The van der Waals surface area contributed by atoms with Gasteiger partial charge in [0.15, 0.2) is 16.6 Å². The van der Waals surface area contributed by atoms with Crippen molar-refractivity contribution >= 4 is 43.8 Å². The molecule has 1 saturated heterocycles. The molecule has 7 nitrogen and oxygen atoms in total. The van der Waals surface area contributed by atoms with Gasteiger partial charge in [0.05, 0.1) is 10.2 Å². The molecule has 3 aromatic heterocycles. The molecule has 1 aliphatic heterocycles. The molecule has 0 bridgehead atoms. The van der Waals surface area contributed by atoms with Gasteiger partial charge >= 0.3 is 6.18 Å². The van der Waals surface area contributed by atoms with Gasteiger partial charge in [0.2, 0.25) is 0 Å². The Balaban J connectivity index is 1.45. The highest BCUT2D eigenvalue weighted by Gasteiger charge is 2.37. The highest BCUT2D eigenvalue weighted by Crippen LogP contribution is 2.33. The van der Waals surface area contributed by atoms with E-state index in [1.165, 1.54) is 18.9 Å². The van der Waals surface area contributed by atoms with E-state index in [9.17, 15) is 13.2 Å². The van der Waals surface area contributed by atoms with Gasteiger partial charge in [-0.25, -0.2) is 4.98 Å². The Hall–Kier alpha value is -2.95. The van der Waals surface area contributed by atoms with Crippen molar-refractivity contribution < 1.29 is 13.2 Å². The number of thiazole rings is 1. The summed E-state index contributed by atoms with van der Waals surface area (Å²) in [5, 5.41) is 14.7. The van der Waals surface area contributed by atoms with E-state index < -0.39 is 12.0 Å². The summed E-state index contributed by atoms with van der Waals surface area (Å²) in [5.41, 5.74) is 1.66. The third-order valence-corrected chi connectivity index (χ3v) is 5.62. The van der Waals surface area contributed by atoms with Crippen LogP contribution in [0.1, 0.15) is 18.7 Å². The number of halogens is 3. The van der Waals surface area contributed by atoms with Gasteiger partial charge in [-0.3, -0.25) is 0 Å². The summed E-state index contributed by atoms with van der Waals surface area (Å²) in [4.78, 5) is 6.95. The van der Waals surface area contributed by atoms with Gasteiger partial charge in [-0.15, -0.1) is 15.3 Å². The summed E-state index contributed by atoms with van der Waals surface area (Å²) in [7, 11) is 0. The Morgan fingerprint density at radius 2 is 1.86 bits per heavy atom.